The lowest BCUT2D eigenvalue weighted by atomic mass is 9.96. The van der Waals surface area contributed by atoms with Gasteiger partial charge >= 0.3 is 12.1 Å². The monoisotopic (exact) mass is 931 g/mol. The fraction of sp³-hybridized carbons (Fsp3) is 0.429. The number of hydrogen-bond acceptors (Lipinski definition) is 9. The van der Waals surface area contributed by atoms with Crippen LogP contribution in [0, 0.1) is 3.57 Å². The molecule has 12 nitrogen and oxygen atoms in total. The predicted molar refractivity (Wildman–Crippen MR) is 201 cm³/mol. The van der Waals surface area contributed by atoms with Gasteiger partial charge in [0, 0.05) is 6.42 Å². The summed E-state index contributed by atoms with van der Waals surface area (Å²) in [6.45, 7) is 6.85. The van der Waals surface area contributed by atoms with E-state index in [1.165, 1.54) is 7.11 Å². The average Bonchev–Trinajstić information content (AvgIpc) is 3.04. The highest BCUT2D eigenvalue weighted by atomic mass is 127. The number of rotatable bonds is 6. The van der Waals surface area contributed by atoms with Gasteiger partial charge in [-0.15, -0.1) is 0 Å². The summed E-state index contributed by atoms with van der Waals surface area (Å²) in [7, 11) is 1.22. The van der Waals surface area contributed by atoms with Gasteiger partial charge in [-0.05, 0) is 108 Å². The number of methoxy groups -OCH3 is 1. The molecule has 270 valence electrons. The number of alkyl halides is 1. The molecule has 1 unspecified atom stereocenters. The highest BCUT2D eigenvalue weighted by Crippen LogP contribution is 2.40. The largest absolute Gasteiger partial charge is 0.504 e. The molecular formula is C35H40Br2IN3O9. The molecule has 0 fully saturated rings. The maximum absolute atomic E-state index is 14.1. The number of halogens is 3. The topological polar surface area (TPSA) is 162 Å². The van der Waals surface area contributed by atoms with Gasteiger partial charge in [0.2, 0.25) is 11.8 Å². The van der Waals surface area contributed by atoms with E-state index in [2.05, 4.69) is 47.8 Å². The minimum absolute atomic E-state index is 0.0713. The van der Waals surface area contributed by atoms with E-state index in [0.717, 1.165) is 11.1 Å². The van der Waals surface area contributed by atoms with Gasteiger partial charge in [0.1, 0.15) is 29.5 Å². The second-order valence-electron chi connectivity index (χ2n) is 12.9. The van der Waals surface area contributed by atoms with Gasteiger partial charge in [-0.2, -0.15) is 0 Å². The Morgan fingerprint density at radius 3 is 2.44 bits per heavy atom. The molecule has 2 aromatic rings. The lowest BCUT2D eigenvalue weighted by Crippen LogP contribution is -2.60. The maximum atomic E-state index is 14.1. The van der Waals surface area contributed by atoms with E-state index in [9.17, 15) is 24.3 Å². The SMILES string of the molecule is COC(=O)[C@@H]1CC2=CC(Br)=C(Oc3cc(cc(I)c3O)C[C@H](NC(=O)OC(C)(C)C)C(=O)N[C@@H]([C@@H](C)OCc3ccccc3)C(=O)N1)C(Br)C2. The number of fused-ring (bicyclic) bond motifs is 10. The molecule has 0 radical (unpaired) electrons. The van der Waals surface area contributed by atoms with E-state index >= 15 is 0 Å². The van der Waals surface area contributed by atoms with Crippen LogP contribution in [0.3, 0.4) is 0 Å². The first-order valence-corrected chi connectivity index (χ1v) is 18.6. The van der Waals surface area contributed by atoms with E-state index in [-0.39, 0.29) is 35.8 Å². The summed E-state index contributed by atoms with van der Waals surface area (Å²) in [5.41, 5.74) is 1.31. The van der Waals surface area contributed by atoms with Crippen LogP contribution >= 0.6 is 54.5 Å². The Bertz CT molecular complexity index is 1660. The third-order valence-corrected chi connectivity index (χ3v) is 9.90. The van der Waals surface area contributed by atoms with Crippen molar-refractivity contribution in [3.8, 4) is 11.5 Å². The Kier molecular flexibility index (Phi) is 13.8. The summed E-state index contributed by atoms with van der Waals surface area (Å²) >= 11 is 9.19. The van der Waals surface area contributed by atoms with Gasteiger partial charge in [0.05, 0.1) is 32.7 Å². The van der Waals surface area contributed by atoms with E-state index in [1.54, 1.807) is 45.9 Å². The number of alkyl carbamates (subject to hydrolysis) is 1. The summed E-state index contributed by atoms with van der Waals surface area (Å²) in [5.74, 6) is -1.61. The number of carbonyl (C=O) groups excluding carboxylic acids is 4. The normalized spacial score (nSPS) is 22.3. The highest BCUT2D eigenvalue weighted by molar-refractivity contribution is 14.1. The zero-order valence-electron chi connectivity index (χ0n) is 28.2. The minimum atomic E-state index is -1.31. The fourth-order valence-electron chi connectivity index (χ4n) is 5.28. The molecule has 0 aromatic heterocycles. The van der Waals surface area contributed by atoms with E-state index in [1.807, 2.05) is 52.9 Å². The number of ether oxygens (including phenoxy) is 4. The molecule has 0 saturated heterocycles. The number of phenolic OH excluding ortho intramolecular Hbond substituents is 1. The number of phenols is 1. The maximum Gasteiger partial charge on any atom is 0.408 e. The van der Waals surface area contributed by atoms with Crippen molar-refractivity contribution < 1.29 is 43.2 Å². The van der Waals surface area contributed by atoms with Gasteiger partial charge in [-0.3, -0.25) is 9.59 Å². The summed E-state index contributed by atoms with van der Waals surface area (Å²) < 4.78 is 23.8. The molecule has 15 heteroatoms. The van der Waals surface area contributed by atoms with Crippen molar-refractivity contribution in [2.24, 2.45) is 0 Å². The van der Waals surface area contributed by atoms with Crippen LogP contribution in [0.15, 0.2) is 64.4 Å². The number of hydrogen-bond donors (Lipinski definition) is 4. The Hall–Kier alpha value is -3.15. The van der Waals surface area contributed by atoms with Crippen molar-refractivity contribution >= 4 is 78.3 Å². The predicted octanol–water partition coefficient (Wildman–Crippen LogP) is 5.66. The highest BCUT2D eigenvalue weighted by Gasteiger charge is 2.36. The van der Waals surface area contributed by atoms with Crippen LogP contribution in [0.1, 0.15) is 51.7 Å². The molecule has 2 heterocycles. The lowest BCUT2D eigenvalue weighted by Gasteiger charge is -2.29. The molecule has 3 amide bonds. The first kappa shape index (κ1) is 39.6. The number of esters is 1. The van der Waals surface area contributed by atoms with Crippen molar-refractivity contribution in [2.75, 3.05) is 7.11 Å². The third kappa shape index (κ3) is 10.9. The van der Waals surface area contributed by atoms with Crippen LogP contribution in [0.4, 0.5) is 4.79 Å². The first-order valence-electron chi connectivity index (χ1n) is 15.8. The molecule has 0 saturated carbocycles. The van der Waals surface area contributed by atoms with Crippen molar-refractivity contribution in [2.45, 2.75) is 88.2 Å². The van der Waals surface area contributed by atoms with Crippen LogP contribution in [-0.4, -0.2) is 70.8 Å². The second-order valence-corrected chi connectivity index (χ2v) is 16.0. The Morgan fingerprint density at radius 2 is 1.80 bits per heavy atom. The molecule has 4 bridgehead atoms. The zero-order chi connectivity index (χ0) is 36.7. The summed E-state index contributed by atoms with van der Waals surface area (Å²) in [4.78, 5) is 53.8. The van der Waals surface area contributed by atoms with Crippen molar-refractivity contribution in [3.63, 3.8) is 0 Å². The molecule has 2 aliphatic heterocycles. The van der Waals surface area contributed by atoms with E-state index < -0.39 is 53.7 Å². The molecule has 50 heavy (non-hydrogen) atoms. The van der Waals surface area contributed by atoms with Crippen molar-refractivity contribution in [1.29, 1.82) is 0 Å². The van der Waals surface area contributed by atoms with Gasteiger partial charge in [-0.25, -0.2) is 9.59 Å². The standard InChI is InChI=1S/C35H40Br2IN3O9/c1-18(48-17-19-9-7-6-8-10-19)28-32(44)39-26(33(45)47-5)15-20-11-22(36)30(23(37)12-20)49-27-16-21(13-24(38)29(27)42)14-25(31(43)41-28)40-34(46)50-35(2,3)4/h6-11,13,16,18,23,25-26,28,42H,12,14-15,17H2,1-5H3,(H,39,44)(H,40,46)(H,41,43)/t18-,23?,25+,26+,28+/m1/s1. The Balaban J connectivity index is 1.80. The van der Waals surface area contributed by atoms with Crippen LogP contribution < -0.4 is 20.7 Å². The molecule has 4 N–H and O–H groups in total. The summed E-state index contributed by atoms with van der Waals surface area (Å²) in [5, 5.41) is 19.1. The number of aromatic hydroxyl groups is 1. The number of amides is 3. The minimum Gasteiger partial charge on any atom is -0.504 e. The number of benzene rings is 2. The molecular weight excluding hydrogens is 893 g/mol. The zero-order valence-corrected chi connectivity index (χ0v) is 33.5. The van der Waals surface area contributed by atoms with Crippen LogP contribution in [-0.2, 0) is 41.6 Å². The van der Waals surface area contributed by atoms with Gasteiger partial charge < -0.3 is 40.0 Å². The van der Waals surface area contributed by atoms with Gasteiger partial charge in [0.25, 0.3) is 0 Å². The summed E-state index contributed by atoms with van der Waals surface area (Å²) in [6, 6.07) is 8.89. The molecule has 1 aliphatic carbocycles. The fourth-order valence-corrected chi connectivity index (χ4v) is 7.69. The van der Waals surface area contributed by atoms with Crippen LogP contribution in [0.2, 0.25) is 0 Å². The first-order chi connectivity index (χ1) is 23.5. The van der Waals surface area contributed by atoms with Crippen LogP contribution in [0.25, 0.3) is 0 Å². The van der Waals surface area contributed by atoms with Crippen molar-refractivity contribution in [3.05, 3.63) is 79.1 Å². The van der Waals surface area contributed by atoms with E-state index in [4.69, 9.17) is 18.9 Å². The smallest absolute Gasteiger partial charge is 0.408 e. The number of allylic oxidation sites excluding steroid dienone is 3. The quantitative estimate of drug-likeness (QED) is 0.163. The van der Waals surface area contributed by atoms with E-state index in [0.29, 0.717) is 25.8 Å². The van der Waals surface area contributed by atoms with Crippen LogP contribution in [0.5, 0.6) is 11.5 Å². The Morgan fingerprint density at radius 1 is 1.10 bits per heavy atom. The summed E-state index contributed by atoms with van der Waals surface area (Å²) in [6.07, 6.45) is 0.475. The molecule has 5 rings (SSSR count). The average molecular weight is 933 g/mol. The third-order valence-electron chi connectivity index (χ3n) is 7.72. The molecule has 5 atom stereocenters. The van der Waals surface area contributed by atoms with Gasteiger partial charge in [-0.1, -0.05) is 51.8 Å². The number of carbonyl (C=O) groups is 4. The number of nitrogens with one attached hydrogen (secondary N) is 3. The lowest BCUT2D eigenvalue weighted by molar-refractivity contribution is -0.146. The van der Waals surface area contributed by atoms with Gasteiger partial charge in [0.15, 0.2) is 11.5 Å². The molecule has 0 spiro atoms. The molecule has 3 aliphatic rings. The Labute approximate surface area is 321 Å². The second kappa shape index (κ2) is 17.4. The van der Waals surface area contributed by atoms with Crippen molar-refractivity contribution in [1.82, 2.24) is 16.0 Å². The molecule has 2 aromatic carbocycles.